The van der Waals surface area contributed by atoms with Gasteiger partial charge in [0.2, 0.25) is 0 Å². The van der Waals surface area contributed by atoms with Crippen molar-refractivity contribution in [3.8, 4) is 0 Å². The van der Waals surface area contributed by atoms with Gasteiger partial charge in [-0.3, -0.25) is 4.99 Å². The predicted molar refractivity (Wildman–Crippen MR) is 115 cm³/mol. The monoisotopic (exact) mass is 457 g/mol. The summed E-state index contributed by atoms with van der Waals surface area (Å²) in [7, 11) is 0. The molecule has 140 valence electrons. The lowest BCUT2D eigenvalue weighted by Gasteiger charge is -2.34. The topological polar surface area (TPSA) is 36.9 Å². The Bertz CT molecular complexity index is 537. The van der Waals surface area contributed by atoms with Crippen molar-refractivity contribution in [2.24, 2.45) is 4.99 Å². The number of aliphatic imine (C=N–C) groups is 1. The summed E-state index contributed by atoms with van der Waals surface area (Å²) in [6.45, 7) is 8.93. The average Bonchev–Trinajstić information content (AvgIpc) is 3.42. The average molecular weight is 457 g/mol. The van der Waals surface area contributed by atoms with Gasteiger partial charge in [0, 0.05) is 31.7 Å². The molecule has 1 aromatic rings. The van der Waals surface area contributed by atoms with E-state index in [9.17, 15) is 0 Å². The van der Waals surface area contributed by atoms with E-state index < -0.39 is 0 Å². The first-order valence-electron chi connectivity index (χ1n) is 9.48. The molecule has 1 aliphatic carbocycles. The Kier molecular flexibility index (Phi) is 8.00. The van der Waals surface area contributed by atoms with Crippen molar-refractivity contribution >= 4 is 29.9 Å². The van der Waals surface area contributed by atoms with Crippen LogP contribution in [0.2, 0.25) is 0 Å². The second kappa shape index (κ2) is 9.76. The molecule has 0 spiro atoms. The van der Waals surface area contributed by atoms with Crippen molar-refractivity contribution in [3.63, 3.8) is 0 Å². The van der Waals surface area contributed by atoms with Crippen LogP contribution < -0.4 is 5.32 Å². The van der Waals surface area contributed by atoms with Crippen LogP contribution in [0.25, 0.3) is 0 Å². The number of guanidine groups is 1. The molecule has 25 heavy (non-hydrogen) atoms. The van der Waals surface area contributed by atoms with E-state index in [2.05, 4.69) is 54.4 Å². The molecule has 0 bridgehead atoms. The standard InChI is InChI=1S/C20H31N3O.HI/c1-3-21-19(23-14-10-18(11-15-23)24-4-2)22-16-20(12-13-20)17-8-6-5-7-9-17;/h5-9,18H,3-4,10-16H2,1-2H3,(H,21,22);1H. The minimum absolute atomic E-state index is 0. The molecule has 1 saturated carbocycles. The zero-order valence-corrected chi connectivity index (χ0v) is 17.9. The summed E-state index contributed by atoms with van der Waals surface area (Å²) in [5.74, 6) is 1.08. The molecule has 1 aromatic carbocycles. The summed E-state index contributed by atoms with van der Waals surface area (Å²) < 4.78 is 5.77. The Labute approximate surface area is 169 Å². The molecule has 2 aliphatic rings. The summed E-state index contributed by atoms with van der Waals surface area (Å²) in [5, 5.41) is 3.49. The van der Waals surface area contributed by atoms with Crippen LogP contribution in [0.5, 0.6) is 0 Å². The summed E-state index contributed by atoms with van der Waals surface area (Å²) in [6, 6.07) is 10.9. The number of hydrogen-bond acceptors (Lipinski definition) is 2. The predicted octanol–water partition coefficient (Wildman–Crippen LogP) is 3.80. The summed E-state index contributed by atoms with van der Waals surface area (Å²) >= 11 is 0. The first kappa shape index (κ1) is 20.5. The smallest absolute Gasteiger partial charge is 0.193 e. The molecule has 1 heterocycles. The van der Waals surface area contributed by atoms with Gasteiger partial charge in [0.15, 0.2) is 5.96 Å². The molecule has 5 heteroatoms. The highest BCUT2D eigenvalue weighted by atomic mass is 127. The molecule has 0 atom stereocenters. The number of piperidine rings is 1. The van der Waals surface area contributed by atoms with Crippen LogP contribution >= 0.6 is 24.0 Å². The number of halogens is 1. The minimum atomic E-state index is 0. The van der Waals surface area contributed by atoms with E-state index >= 15 is 0 Å². The number of benzene rings is 1. The zero-order valence-electron chi connectivity index (χ0n) is 15.5. The quantitative estimate of drug-likeness (QED) is 0.401. The van der Waals surface area contributed by atoms with Crippen molar-refractivity contribution in [3.05, 3.63) is 35.9 Å². The third kappa shape index (κ3) is 5.33. The van der Waals surface area contributed by atoms with E-state index in [1.54, 1.807) is 0 Å². The van der Waals surface area contributed by atoms with Crippen LogP contribution in [-0.2, 0) is 10.2 Å². The van der Waals surface area contributed by atoms with Gasteiger partial charge in [0.25, 0.3) is 0 Å². The van der Waals surface area contributed by atoms with Gasteiger partial charge in [-0.2, -0.15) is 0 Å². The number of nitrogens with one attached hydrogen (secondary N) is 1. The van der Waals surface area contributed by atoms with Crippen LogP contribution in [0.1, 0.15) is 45.1 Å². The van der Waals surface area contributed by atoms with Crippen molar-refractivity contribution in [1.29, 1.82) is 0 Å². The third-order valence-electron chi connectivity index (χ3n) is 5.25. The third-order valence-corrected chi connectivity index (χ3v) is 5.25. The Morgan fingerprint density at radius 3 is 2.44 bits per heavy atom. The number of likely N-dealkylation sites (tertiary alicyclic amines) is 1. The van der Waals surface area contributed by atoms with E-state index in [0.29, 0.717) is 6.10 Å². The highest BCUT2D eigenvalue weighted by molar-refractivity contribution is 14.0. The van der Waals surface area contributed by atoms with Gasteiger partial charge in [-0.25, -0.2) is 0 Å². The molecular weight excluding hydrogens is 425 g/mol. The Balaban J connectivity index is 0.00000225. The Morgan fingerprint density at radius 1 is 1.20 bits per heavy atom. The highest BCUT2D eigenvalue weighted by Crippen LogP contribution is 2.48. The largest absolute Gasteiger partial charge is 0.378 e. The van der Waals surface area contributed by atoms with Crippen molar-refractivity contribution in [2.75, 3.05) is 32.8 Å². The summed E-state index contributed by atoms with van der Waals surface area (Å²) in [4.78, 5) is 7.41. The Morgan fingerprint density at radius 2 is 1.88 bits per heavy atom. The van der Waals surface area contributed by atoms with Gasteiger partial charge in [-0.15, -0.1) is 24.0 Å². The number of ether oxygens (including phenoxy) is 1. The van der Waals surface area contributed by atoms with Crippen LogP contribution in [0.4, 0.5) is 0 Å². The first-order valence-corrected chi connectivity index (χ1v) is 9.48. The molecule has 1 aliphatic heterocycles. The molecule has 2 fully saturated rings. The fraction of sp³-hybridized carbons (Fsp3) is 0.650. The van der Waals surface area contributed by atoms with E-state index in [1.807, 2.05) is 0 Å². The molecule has 1 saturated heterocycles. The summed E-state index contributed by atoms with van der Waals surface area (Å²) in [5.41, 5.74) is 1.73. The fourth-order valence-electron chi connectivity index (χ4n) is 3.60. The van der Waals surface area contributed by atoms with Crippen molar-refractivity contribution < 1.29 is 4.74 Å². The maximum atomic E-state index is 5.77. The molecule has 0 aromatic heterocycles. The van der Waals surface area contributed by atoms with Gasteiger partial charge in [-0.05, 0) is 45.1 Å². The van der Waals surface area contributed by atoms with E-state index in [-0.39, 0.29) is 29.4 Å². The van der Waals surface area contributed by atoms with Crippen molar-refractivity contribution in [2.45, 2.75) is 51.0 Å². The van der Waals surface area contributed by atoms with Gasteiger partial charge < -0.3 is 15.0 Å². The lowest BCUT2D eigenvalue weighted by Crippen LogP contribution is -2.47. The van der Waals surface area contributed by atoms with Crippen LogP contribution in [0, 0.1) is 0 Å². The van der Waals surface area contributed by atoms with Gasteiger partial charge in [0.1, 0.15) is 0 Å². The maximum absolute atomic E-state index is 5.77. The molecule has 0 amide bonds. The lowest BCUT2D eigenvalue weighted by molar-refractivity contribution is 0.0263. The molecule has 3 rings (SSSR count). The molecule has 1 N–H and O–H groups in total. The normalized spacial score (nSPS) is 20.1. The van der Waals surface area contributed by atoms with E-state index in [1.165, 1.54) is 18.4 Å². The van der Waals surface area contributed by atoms with Crippen LogP contribution in [0.15, 0.2) is 35.3 Å². The van der Waals surface area contributed by atoms with Gasteiger partial charge in [0.05, 0.1) is 12.6 Å². The summed E-state index contributed by atoms with van der Waals surface area (Å²) in [6.07, 6.45) is 5.14. The van der Waals surface area contributed by atoms with Gasteiger partial charge >= 0.3 is 0 Å². The maximum Gasteiger partial charge on any atom is 0.193 e. The number of rotatable bonds is 6. The Hall–Kier alpha value is -0.820. The van der Waals surface area contributed by atoms with Gasteiger partial charge in [-0.1, -0.05) is 30.3 Å². The van der Waals surface area contributed by atoms with Crippen molar-refractivity contribution in [1.82, 2.24) is 10.2 Å². The number of nitrogens with zero attached hydrogens (tertiary/aromatic N) is 2. The second-order valence-electron chi connectivity index (χ2n) is 6.96. The lowest BCUT2D eigenvalue weighted by atomic mass is 9.96. The molecule has 0 unspecified atom stereocenters. The zero-order chi connectivity index (χ0) is 16.8. The fourth-order valence-corrected chi connectivity index (χ4v) is 3.60. The second-order valence-corrected chi connectivity index (χ2v) is 6.96. The molecular formula is C20H32IN3O. The highest BCUT2D eigenvalue weighted by Gasteiger charge is 2.44. The minimum Gasteiger partial charge on any atom is -0.378 e. The molecule has 4 nitrogen and oxygen atoms in total. The first-order chi connectivity index (χ1) is 11.8. The molecule has 0 radical (unpaired) electrons. The SMILES string of the molecule is CCNC(=NCC1(c2ccccc2)CC1)N1CCC(OCC)CC1.I. The van der Waals surface area contributed by atoms with E-state index in [0.717, 1.165) is 51.6 Å². The number of hydrogen-bond donors (Lipinski definition) is 1. The van der Waals surface area contributed by atoms with E-state index in [4.69, 9.17) is 9.73 Å². The van der Waals surface area contributed by atoms with Crippen LogP contribution in [-0.4, -0.2) is 49.7 Å². The van der Waals surface area contributed by atoms with Crippen LogP contribution in [0.3, 0.4) is 0 Å².